The first-order valence-corrected chi connectivity index (χ1v) is 7.26. The van der Waals surface area contributed by atoms with Crippen LogP contribution in [0.5, 0.6) is 0 Å². The summed E-state index contributed by atoms with van der Waals surface area (Å²) in [5.74, 6) is 3.32. The fourth-order valence-corrected chi connectivity index (χ4v) is 3.88. The molecule has 0 amide bonds. The largest absolute Gasteiger partial charge is 0.396 e. The Labute approximate surface area is 96.8 Å². The van der Waals surface area contributed by atoms with Crippen LogP contribution in [-0.2, 0) is 4.74 Å². The van der Waals surface area contributed by atoms with E-state index in [1.165, 1.54) is 37.9 Å². The molecule has 0 spiro atoms. The predicted octanol–water partition coefficient (Wildman–Crippen LogP) is 2.31. The highest BCUT2D eigenvalue weighted by atomic mass is 32.2. The molecule has 0 aromatic heterocycles. The van der Waals surface area contributed by atoms with E-state index in [2.05, 4.69) is 0 Å². The summed E-state index contributed by atoms with van der Waals surface area (Å²) in [5, 5.41) is 9.28. The fourth-order valence-electron chi connectivity index (χ4n) is 2.41. The van der Waals surface area contributed by atoms with Crippen LogP contribution in [0.4, 0.5) is 0 Å². The monoisotopic (exact) mass is 230 g/mol. The molecule has 15 heavy (non-hydrogen) atoms. The van der Waals surface area contributed by atoms with E-state index in [0.29, 0.717) is 6.61 Å². The zero-order chi connectivity index (χ0) is 10.6. The quantitative estimate of drug-likeness (QED) is 0.786. The minimum absolute atomic E-state index is 0.110. The molecule has 0 aromatic carbocycles. The summed E-state index contributed by atoms with van der Waals surface area (Å²) < 4.78 is 5.20. The summed E-state index contributed by atoms with van der Waals surface area (Å²) >= 11 is 2.03. The van der Waals surface area contributed by atoms with Crippen molar-refractivity contribution in [2.75, 3.05) is 31.3 Å². The van der Waals surface area contributed by atoms with Crippen molar-refractivity contribution >= 4 is 11.8 Å². The van der Waals surface area contributed by atoms with Gasteiger partial charge in [-0.25, -0.2) is 0 Å². The number of ether oxygens (including phenoxy) is 1. The molecular weight excluding hydrogens is 208 g/mol. The number of hydrogen-bond donors (Lipinski definition) is 1. The highest BCUT2D eigenvalue weighted by Crippen LogP contribution is 2.33. The van der Waals surface area contributed by atoms with Gasteiger partial charge >= 0.3 is 0 Å². The van der Waals surface area contributed by atoms with E-state index >= 15 is 0 Å². The maximum absolute atomic E-state index is 9.28. The van der Waals surface area contributed by atoms with Crippen LogP contribution in [0.25, 0.3) is 0 Å². The Morgan fingerprint density at radius 2 is 1.93 bits per heavy atom. The first-order valence-electron chi connectivity index (χ1n) is 6.11. The lowest BCUT2D eigenvalue weighted by atomic mass is 9.90. The van der Waals surface area contributed by atoms with Crippen LogP contribution in [0.15, 0.2) is 0 Å². The van der Waals surface area contributed by atoms with Gasteiger partial charge in [-0.2, -0.15) is 11.8 Å². The SMILES string of the molecule is OCC1(CSCC2CCCCC2)COC1. The van der Waals surface area contributed by atoms with E-state index in [1.54, 1.807) is 0 Å². The van der Waals surface area contributed by atoms with Gasteiger partial charge in [0.05, 0.1) is 19.8 Å². The summed E-state index contributed by atoms with van der Waals surface area (Å²) in [7, 11) is 0. The molecule has 2 aliphatic rings. The zero-order valence-electron chi connectivity index (χ0n) is 9.41. The molecule has 1 aliphatic carbocycles. The average Bonchev–Trinajstić information content (AvgIpc) is 2.24. The van der Waals surface area contributed by atoms with Crippen molar-refractivity contribution in [3.05, 3.63) is 0 Å². The molecule has 0 unspecified atom stereocenters. The van der Waals surface area contributed by atoms with Crippen LogP contribution in [0, 0.1) is 11.3 Å². The molecule has 0 aromatic rings. The smallest absolute Gasteiger partial charge is 0.0575 e. The molecule has 88 valence electrons. The normalized spacial score (nSPS) is 26.2. The molecule has 0 atom stereocenters. The third kappa shape index (κ3) is 3.11. The maximum Gasteiger partial charge on any atom is 0.0575 e. The molecule has 1 saturated carbocycles. The van der Waals surface area contributed by atoms with Gasteiger partial charge < -0.3 is 9.84 Å². The van der Waals surface area contributed by atoms with Gasteiger partial charge in [0.2, 0.25) is 0 Å². The van der Waals surface area contributed by atoms with E-state index in [9.17, 15) is 5.11 Å². The van der Waals surface area contributed by atoms with Gasteiger partial charge in [0.15, 0.2) is 0 Å². The first-order chi connectivity index (χ1) is 7.35. The van der Waals surface area contributed by atoms with Crippen molar-refractivity contribution in [1.29, 1.82) is 0 Å². The van der Waals surface area contributed by atoms with E-state index in [1.807, 2.05) is 11.8 Å². The van der Waals surface area contributed by atoms with Crippen molar-refractivity contribution in [2.24, 2.45) is 11.3 Å². The molecule has 1 saturated heterocycles. The Bertz CT molecular complexity index is 181. The van der Waals surface area contributed by atoms with E-state index < -0.39 is 0 Å². The van der Waals surface area contributed by atoms with Crippen molar-refractivity contribution in [3.8, 4) is 0 Å². The molecule has 1 N–H and O–H groups in total. The van der Waals surface area contributed by atoms with Crippen molar-refractivity contribution < 1.29 is 9.84 Å². The summed E-state index contributed by atoms with van der Waals surface area (Å²) in [6.45, 7) is 1.83. The lowest BCUT2D eigenvalue weighted by molar-refractivity contribution is -0.121. The third-order valence-electron chi connectivity index (χ3n) is 3.64. The summed E-state index contributed by atoms with van der Waals surface area (Å²) in [5.41, 5.74) is 0.110. The lowest BCUT2D eigenvalue weighted by Crippen LogP contribution is -2.47. The highest BCUT2D eigenvalue weighted by Gasteiger charge is 2.37. The molecule has 1 aliphatic heterocycles. The van der Waals surface area contributed by atoms with Gasteiger partial charge in [-0.05, 0) is 24.5 Å². The second-order valence-electron chi connectivity index (χ2n) is 5.17. The molecule has 1 heterocycles. The third-order valence-corrected chi connectivity index (χ3v) is 5.16. The van der Waals surface area contributed by atoms with Gasteiger partial charge in [-0.1, -0.05) is 19.3 Å². The minimum atomic E-state index is 0.110. The van der Waals surface area contributed by atoms with Gasteiger partial charge in [-0.3, -0.25) is 0 Å². The number of aliphatic hydroxyl groups is 1. The first kappa shape index (κ1) is 11.7. The second kappa shape index (κ2) is 5.55. The molecule has 3 heteroatoms. The summed E-state index contributed by atoms with van der Waals surface area (Å²) in [6.07, 6.45) is 7.15. The maximum atomic E-state index is 9.28. The second-order valence-corrected chi connectivity index (χ2v) is 6.20. The van der Waals surface area contributed by atoms with Crippen LogP contribution in [-0.4, -0.2) is 36.4 Å². The highest BCUT2D eigenvalue weighted by molar-refractivity contribution is 7.99. The molecule has 2 rings (SSSR count). The summed E-state index contributed by atoms with van der Waals surface area (Å²) in [4.78, 5) is 0. The fraction of sp³-hybridized carbons (Fsp3) is 1.00. The van der Waals surface area contributed by atoms with E-state index in [0.717, 1.165) is 24.9 Å². The van der Waals surface area contributed by atoms with Gasteiger partial charge in [0, 0.05) is 11.2 Å². The topological polar surface area (TPSA) is 29.5 Å². The molecule has 2 fully saturated rings. The lowest BCUT2D eigenvalue weighted by Gasteiger charge is -2.39. The molecule has 0 radical (unpaired) electrons. The average molecular weight is 230 g/mol. The molecular formula is C12H22O2S. The van der Waals surface area contributed by atoms with Crippen LogP contribution in [0.1, 0.15) is 32.1 Å². The Morgan fingerprint density at radius 1 is 1.20 bits per heavy atom. The van der Waals surface area contributed by atoms with E-state index in [-0.39, 0.29) is 5.41 Å². The Morgan fingerprint density at radius 3 is 2.47 bits per heavy atom. The standard InChI is InChI=1S/C12H22O2S/c13-7-12(8-14-9-12)10-15-6-11-4-2-1-3-5-11/h11,13H,1-10H2. The Balaban J connectivity index is 1.61. The Hall–Kier alpha value is 0.270. The van der Waals surface area contributed by atoms with Crippen LogP contribution in [0.3, 0.4) is 0 Å². The van der Waals surface area contributed by atoms with Crippen molar-refractivity contribution in [3.63, 3.8) is 0 Å². The minimum Gasteiger partial charge on any atom is -0.396 e. The Kier molecular flexibility index (Phi) is 4.35. The van der Waals surface area contributed by atoms with E-state index in [4.69, 9.17) is 4.74 Å². The van der Waals surface area contributed by atoms with Crippen LogP contribution in [0.2, 0.25) is 0 Å². The molecule has 0 bridgehead atoms. The van der Waals surface area contributed by atoms with Crippen LogP contribution >= 0.6 is 11.8 Å². The van der Waals surface area contributed by atoms with Gasteiger partial charge in [0.25, 0.3) is 0 Å². The molecule has 2 nitrogen and oxygen atoms in total. The van der Waals surface area contributed by atoms with Crippen LogP contribution < -0.4 is 0 Å². The van der Waals surface area contributed by atoms with Gasteiger partial charge in [-0.15, -0.1) is 0 Å². The zero-order valence-corrected chi connectivity index (χ0v) is 10.2. The van der Waals surface area contributed by atoms with Gasteiger partial charge in [0.1, 0.15) is 0 Å². The van der Waals surface area contributed by atoms with Crippen molar-refractivity contribution in [1.82, 2.24) is 0 Å². The number of rotatable bonds is 5. The number of aliphatic hydroxyl groups excluding tert-OH is 1. The number of thioether (sulfide) groups is 1. The number of hydrogen-bond acceptors (Lipinski definition) is 3. The summed E-state index contributed by atoms with van der Waals surface area (Å²) in [6, 6.07) is 0. The predicted molar refractivity (Wildman–Crippen MR) is 64.2 cm³/mol. The van der Waals surface area contributed by atoms with Crippen molar-refractivity contribution in [2.45, 2.75) is 32.1 Å².